The summed E-state index contributed by atoms with van der Waals surface area (Å²) in [6, 6.07) is 10.7. The Kier molecular flexibility index (Phi) is 5.57. The summed E-state index contributed by atoms with van der Waals surface area (Å²) in [5, 5.41) is 15.7. The molecule has 1 N–H and O–H groups in total. The smallest absolute Gasteiger partial charge is 0.339 e. The molecule has 0 fully saturated rings. The van der Waals surface area contributed by atoms with Crippen LogP contribution in [0, 0.1) is 20.8 Å². The van der Waals surface area contributed by atoms with E-state index < -0.39 is 23.5 Å². The number of fused-ring (bicyclic) bond motifs is 2. The average molecular weight is 432 g/mol. The number of carboxylic acid groups (broad SMARTS) is 1. The van der Waals surface area contributed by atoms with E-state index >= 15 is 0 Å². The molecule has 0 saturated heterocycles. The van der Waals surface area contributed by atoms with Crippen LogP contribution in [-0.4, -0.2) is 11.9 Å². The van der Waals surface area contributed by atoms with E-state index in [1.54, 1.807) is 36.4 Å². The van der Waals surface area contributed by atoms with Crippen molar-refractivity contribution in [1.82, 2.24) is 5.32 Å². The van der Waals surface area contributed by atoms with Crippen LogP contribution in [0.1, 0.15) is 40.5 Å². The molecule has 0 unspecified atom stereocenters. The highest BCUT2D eigenvalue weighted by Gasteiger charge is 2.19. The highest BCUT2D eigenvalue weighted by Crippen LogP contribution is 2.31. The summed E-state index contributed by atoms with van der Waals surface area (Å²) < 4.78 is 11.2. The van der Waals surface area contributed by atoms with Crippen LogP contribution in [0.3, 0.4) is 0 Å². The Morgan fingerprint density at radius 3 is 2.31 bits per heavy atom. The lowest BCUT2D eigenvalue weighted by Gasteiger charge is -2.20. The van der Waals surface area contributed by atoms with Crippen molar-refractivity contribution in [2.45, 2.75) is 39.7 Å². The van der Waals surface area contributed by atoms with E-state index in [9.17, 15) is 19.5 Å². The molecule has 0 aliphatic carbocycles. The van der Waals surface area contributed by atoms with Gasteiger partial charge in [-0.1, -0.05) is 30.3 Å². The molecule has 0 aliphatic heterocycles. The monoisotopic (exact) mass is 432 g/mol. The number of amides is 1. The van der Waals surface area contributed by atoms with Crippen LogP contribution in [-0.2, 0) is 16.0 Å². The minimum absolute atomic E-state index is 0.0696. The maximum atomic E-state index is 12.6. The maximum absolute atomic E-state index is 12.6. The van der Waals surface area contributed by atoms with Crippen LogP contribution in [0.4, 0.5) is 0 Å². The summed E-state index contributed by atoms with van der Waals surface area (Å²) in [4.78, 5) is 36.6. The number of hydrogen-bond acceptors (Lipinski definition) is 6. The summed E-state index contributed by atoms with van der Waals surface area (Å²) in [6.45, 7) is 5.66. The lowest BCUT2D eigenvalue weighted by atomic mass is 10.00. The molecule has 2 aromatic heterocycles. The van der Waals surface area contributed by atoms with Gasteiger partial charge in [0.25, 0.3) is 0 Å². The van der Waals surface area contributed by atoms with E-state index in [-0.39, 0.29) is 12.8 Å². The van der Waals surface area contributed by atoms with Crippen molar-refractivity contribution in [3.05, 3.63) is 80.9 Å². The molecule has 1 atom stereocenters. The second kappa shape index (κ2) is 8.34. The summed E-state index contributed by atoms with van der Waals surface area (Å²) in [6.07, 6.45) is 0.0474. The van der Waals surface area contributed by atoms with Gasteiger partial charge in [0.05, 0.1) is 12.0 Å². The van der Waals surface area contributed by atoms with E-state index in [0.29, 0.717) is 22.3 Å². The molecule has 7 heteroatoms. The first-order valence-electron chi connectivity index (χ1n) is 10.3. The van der Waals surface area contributed by atoms with Crippen molar-refractivity contribution in [1.29, 1.82) is 0 Å². The van der Waals surface area contributed by atoms with Crippen molar-refractivity contribution in [3.8, 4) is 0 Å². The van der Waals surface area contributed by atoms with E-state index in [4.69, 9.17) is 8.83 Å². The number of carbonyl (C=O) groups excluding carboxylic acids is 2. The number of benzene rings is 2. The first-order valence-corrected chi connectivity index (χ1v) is 10.3. The first kappa shape index (κ1) is 21.4. The topological polar surface area (TPSA) is 113 Å². The van der Waals surface area contributed by atoms with Crippen LogP contribution in [0.5, 0.6) is 0 Å². The van der Waals surface area contributed by atoms with Gasteiger partial charge < -0.3 is 24.1 Å². The molecule has 0 spiro atoms. The van der Waals surface area contributed by atoms with Crippen LogP contribution in [0.2, 0.25) is 0 Å². The van der Waals surface area contributed by atoms with Gasteiger partial charge in [-0.05, 0) is 49.9 Å². The number of carboxylic acids is 1. The standard InChI is InChI=1S/C25H23NO6/c1-13-15(3)31-20-12-21-19(11-18(13)20)14(2)17(25(30)32-21)9-10-22(27)26-23(24(28)29)16-7-5-4-6-8-16/h4-8,11-12,23H,9-10H2,1-3H3,(H,26,27)(H,28,29)/p-1/t23-/m0/s1. The Morgan fingerprint density at radius 1 is 0.969 bits per heavy atom. The fourth-order valence-corrected chi connectivity index (χ4v) is 3.91. The second-order valence-electron chi connectivity index (χ2n) is 7.85. The van der Waals surface area contributed by atoms with Crippen LogP contribution < -0.4 is 16.0 Å². The minimum atomic E-state index is -1.40. The van der Waals surface area contributed by atoms with Crippen molar-refractivity contribution in [3.63, 3.8) is 0 Å². The van der Waals surface area contributed by atoms with Gasteiger partial charge in [-0.2, -0.15) is 0 Å². The molecule has 164 valence electrons. The Hall–Kier alpha value is -3.87. The lowest BCUT2D eigenvalue weighted by Crippen LogP contribution is -2.41. The van der Waals surface area contributed by atoms with Gasteiger partial charge in [0.15, 0.2) is 0 Å². The van der Waals surface area contributed by atoms with Crippen LogP contribution in [0.15, 0.2) is 56.1 Å². The number of hydrogen-bond donors (Lipinski definition) is 1. The predicted octanol–water partition coefficient (Wildman–Crippen LogP) is 3.00. The molecular formula is C25H22NO6-. The number of rotatable bonds is 6. The van der Waals surface area contributed by atoms with Crippen LogP contribution >= 0.6 is 0 Å². The summed E-state index contributed by atoms with van der Waals surface area (Å²) in [5.74, 6) is -1.10. The number of furan rings is 1. The Morgan fingerprint density at radius 2 is 1.62 bits per heavy atom. The molecule has 0 saturated carbocycles. The lowest BCUT2D eigenvalue weighted by molar-refractivity contribution is -0.308. The molecule has 2 aromatic carbocycles. The third kappa shape index (κ3) is 3.89. The van der Waals surface area contributed by atoms with Gasteiger partial charge >= 0.3 is 5.63 Å². The molecule has 4 aromatic rings. The Labute approximate surface area is 183 Å². The van der Waals surface area contributed by atoms with E-state index in [2.05, 4.69) is 5.32 Å². The average Bonchev–Trinajstić information content (AvgIpc) is 3.04. The quantitative estimate of drug-likeness (QED) is 0.469. The van der Waals surface area contributed by atoms with Gasteiger partial charge in [-0.25, -0.2) is 4.79 Å². The minimum Gasteiger partial charge on any atom is -0.548 e. The number of aryl methyl sites for hydroxylation is 3. The molecule has 0 bridgehead atoms. The summed E-state index contributed by atoms with van der Waals surface area (Å²) in [5.41, 5.74) is 3.08. The zero-order valence-corrected chi connectivity index (χ0v) is 18.0. The summed E-state index contributed by atoms with van der Waals surface area (Å²) >= 11 is 0. The number of aliphatic carboxylic acids is 1. The number of nitrogens with one attached hydrogen (secondary N) is 1. The van der Waals surface area contributed by atoms with E-state index in [1.165, 1.54) is 0 Å². The fraction of sp³-hybridized carbons (Fsp3) is 0.240. The largest absolute Gasteiger partial charge is 0.548 e. The molecule has 4 rings (SSSR count). The third-order valence-electron chi connectivity index (χ3n) is 5.86. The third-order valence-corrected chi connectivity index (χ3v) is 5.86. The molecule has 32 heavy (non-hydrogen) atoms. The van der Waals surface area contributed by atoms with Crippen molar-refractivity contribution < 1.29 is 23.5 Å². The Bertz CT molecular complexity index is 1400. The van der Waals surface area contributed by atoms with Gasteiger partial charge in [0, 0.05) is 28.8 Å². The zero-order chi connectivity index (χ0) is 23.0. The molecule has 0 radical (unpaired) electrons. The van der Waals surface area contributed by atoms with Gasteiger partial charge in [0.2, 0.25) is 5.91 Å². The van der Waals surface area contributed by atoms with Gasteiger partial charge in [-0.15, -0.1) is 0 Å². The van der Waals surface area contributed by atoms with Gasteiger partial charge in [0.1, 0.15) is 16.9 Å². The van der Waals surface area contributed by atoms with Crippen LogP contribution in [0.25, 0.3) is 21.9 Å². The summed E-state index contributed by atoms with van der Waals surface area (Å²) in [7, 11) is 0. The fourth-order valence-electron chi connectivity index (χ4n) is 3.91. The van der Waals surface area contributed by atoms with Crippen molar-refractivity contribution >= 4 is 33.8 Å². The highest BCUT2D eigenvalue weighted by atomic mass is 16.4. The maximum Gasteiger partial charge on any atom is 0.339 e. The number of carbonyl (C=O) groups is 2. The normalized spacial score (nSPS) is 12.2. The van der Waals surface area contributed by atoms with Crippen molar-refractivity contribution in [2.75, 3.05) is 0 Å². The molecular weight excluding hydrogens is 410 g/mol. The molecule has 7 nitrogen and oxygen atoms in total. The molecule has 1 amide bonds. The highest BCUT2D eigenvalue weighted by molar-refractivity contribution is 5.96. The SMILES string of the molecule is Cc1oc2cc3oc(=O)c(CCC(=O)N[C@H](C(=O)[O-])c4ccccc4)c(C)c3cc2c1C. The Balaban J connectivity index is 1.59. The van der Waals surface area contributed by atoms with Crippen molar-refractivity contribution in [2.24, 2.45) is 0 Å². The second-order valence-corrected chi connectivity index (χ2v) is 7.85. The predicted molar refractivity (Wildman–Crippen MR) is 117 cm³/mol. The van der Waals surface area contributed by atoms with E-state index in [1.807, 2.05) is 26.8 Å². The molecule has 0 aliphatic rings. The van der Waals surface area contributed by atoms with E-state index in [0.717, 1.165) is 27.7 Å². The first-order chi connectivity index (χ1) is 15.3. The molecule has 2 heterocycles. The van der Waals surface area contributed by atoms with Gasteiger partial charge in [-0.3, -0.25) is 4.79 Å². The zero-order valence-electron chi connectivity index (χ0n) is 18.0.